The van der Waals surface area contributed by atoms with E-state index in [1.807, 2.05) is 6.92 Å². The van der Waals surface area contributed by atoms with E-state index in [4.69, 9.17) is 0 Å². The van der Waals surface area contributed by atoms with Crippen molar-refractivity contribution in [1.29, 1.82) is 0 Å². The SMILES string of the molecule is CCCC(O)Cc1ccc([N+](=O)[O-])c2cccnc12. The first-order chi connectivity index (χ1) is 9.13. The van der Waals surface area contributed by atoms with Gasteiger partial charge in [0.1, 0.15) is 0 Å². The monoisotopic (exact) mass is 260 g/mol. The summed E-state index contributed by atoms with van der Waals surface area (Å²) >= 11 is 0. The highest BCUT2D eigenvalue weighted by Gasteiger charge is 2.16. The second-order valence-electron chi connectivity index (χ2n) is 4.55. The van der Waals surface area contributed by atoms with Gasteiger partial charge in [0.05, 0.1) is 21.9 Å². The molecule has 1 atom stereocenters. The number of aliphatic hydroxyl groups is 1. The van der Waals surface area contributed by atoms with Gasteiger partial charge in [-0.2, -0.15) is 0 Å². The molecule has 1 N–H and O–H groups in total. The highest BCUT2D eigenvalue weighted by atomic mass is 16.6. The Hall–Kier alpha value is -2.01. The Labute approximate surface area is 111 Å². The first kappa shape index (κ1) is 13.4. The number of fused-ring (bicyclic) bond motifs is 1. The summed E-state index contributed by atoms with van der Waals surface area (Å²) in [6.07, 6.45) is 3.27. The maximum Gasteiger partial charge on any atom is 0.278 e. The summed E-state index contributed by atoms with van der Waals surface area (Å²) in [5, 5.41) is 21.4. The molecule has 2 aromatic rings. The standard InChI is InChI=1S/C14H16N2O3/c1-2-4-11(17)9-10-6-7-13(16(18)19)12-5-3-8-15-14(10)12/h3,5-8,11,17H,2,4,9H2,1H3. The molecule has 0 bridgehead atoms. The number of pyridine rings is 1. The highest BCUT2D eigenvalue weighted by Crippen LogP contribution is 2.27. The van der Waals surface area contributed by atoms with E-state index in [1.165, 1.54) is 6.07 Å². The first-order valence-corrected chi connectivity index (χ1v) is 6.32. The molecule has 100 valence electrons. The van der Waals surface area contributed by atoms with Gasteiger partial charge in [0.2, 0.25) is 0 Å². The summed E-state index contributed by atoms with van der Waals surface area (Å²) in [6, 6.07) is 6.54. The van der Waals surface area contributed by atoms with Gasteiger partial charge in [0.15, 0.2) is 0 Å². The van der Waals surface area contributed by atoms with Gasteiger partial charge in [0, 0.05) is 18.7 Å². The summed E-state index contributed by atoms with van der Waals surface area (Å²) in [5.74, 6) is 0. The van der Waals surface area contributed by atoms with E-state index in [2.05, 4.69) is 4.98 Å². The third-order valence-corrected chi connectivity index (χ3v) is 3.10. The molecule has 0 saturated carbocycles. The Bertz CT molecular complexity index is 598. The van der Waals surface area contributed by atoms with E-state index in [0.29, 0.717) is 23.7 Å². The number of nitrogens with zero attached hydrogens (tertiary/aromatic N) is 2. The van der Waals surface area contributed by atoms with Crippen molar-refractivity contribution in [2.45, 2.75) is 32.3 Å². The minimum atomic E-state index is -0.434. The van der Waals surface area contributed by atoms with Gasteiger partial charge in [-0.25, -0.2) is 0 Å². The molecule has 19 heavy (non-hydrogen) atoms. The summed E-state index contributed by atoms with van der Waals surface area (Å²) in [5.41, 5.74) is 1.51. The zero-order chi connectivity index (χ0) is 13.8. The number of non-ortho nitro benzene ring substituents is 1. The fourth-order valence-electron chi connectivity index (χ4n) is 2.23. The Balaban J connectivity index is 2.46. The lowest BCUT2D eigenvalue weighted by Crippen LogP contribution is -2.10. The topological polar surface area (TPSA) is 76.3 Å². The van der Waals surface area contributed by atoms with E-state index in [-0.39, 0.29) is 5.69 Å². The van der Waals surface area contributed by atoms with Gasteiger partial charge in [-0.05, 0) is 30.2 Å². The Kier molecular flexibility index (Phi) is 4.06. The van der Waals surface area contributed by atoms with Crippen molar-refractivity contribution in [1.82, 2.24) is 4.98 Å². The van der Waals surface area contributed by atoms with E-state index >= 15 is 0 Å². The van der Waals surface area contributed by atoms with Crippen molar-refractivity contribution in [2.75, 3.05) is 0 Å². The maximum absolute atomic E-state index is 11.0. The second kappa shape index (κ2) is 5.75. The molecule has 0 aliphatic rings. The van der Waals surface area contributed by atoms with Crippen LogP contribution in [-0.2, 0) is 6.42 Å². The third-order valence-electron chi connectivity index (χ3n) is 3.10. The molecule has 0 fully saturated rings. The van der Waals surface area contributed by atoms with Gasteiger partial charge in [-0.3, -0.25) is 15.1 Å². The van der Waals surface area contributed by atoms with Crippen LogP contribution in [0.25, 0.3) is 10.9 Å². The lowest BCUT2D eigenvalue weighted by atomic mass is 10.0. The minimum absolute atomic E-state index is 0.0526. The van der Waals surface area contributed by atoms with Crippen LogP contribution in [-0.4, -0.2) is 21.1 Å². The van der Waals surface area contributed by atoms with E-state index in [0.717, 1.165) is 12.0 Å². The fourth-order valence-corrected chi connectivity index (χ4v) is 2.23. The van der Waals surface area contributed by atoms with Crippen molar-refractivity contribution in [3.05, 3.63) is 46.1 Å². The van der Waals surface area contributed by atoms with Crippen molar-refractivity contribution in [3.8, 4) is 0 Å². The molecule has 1 heterocycles. The molecule has 0 radical (unpaired) electrons. The number of rotatable bonds is 5. The molecule has 5 heteroatoms. The first-order valence-electron chi connectivity index (χ1n) is 6.32. The molecule has 0 aliphatic carbocycles. The average Bonchev–Trinajstić information content (AvgIpc) is 2.39. The predicted molar refractivity (Wildman–Crippen MR) is 73.0 cm³/mol. The normalized spacial score (nSPS) is 12.5. The van der Waals surface area contributed by atoms with Gasteiger partial charge in [-0.1, -0.05) is 13.3 Å². The van der Waals surface area contributed by atoms with E-state index < -0.39 is 11.0 Å². The van der Waals surface area contributed by atoms with Crippen LogP contribution in [0.3, 0.4) is 0 Å². The molecule has 0 saturated heterocycles. The van der Waals surface area contributed by atoms with Crippen molar-refractivity contribution in [2.24, 2.45) is 0 Å². The van der Waals surface area contributed by atoms with Gasteiger partial charge in [0.25, 0.3) is 5.69 Å². The largest absolute Gasteiger partial charge is 0.393 e. The van der Waals surface area contributed by atoms with E-state index in [9.17, 15) is 15.2 Å². The van der Waals surface area contributed by atoms with Crippen LogP contribution in [0.15, 0.2) is 30.5 Å². The molecule has 1 unspecified atom stereocenters. The lowest BCUT2D eigenvalue weighted by Gasteiger charge is -2.11. The maximum atomic E-state index is 11.0. The summed E-state index contributed by atoms with van der Waals surface area (Å²) < 4.78 is 0. The van der Waals surface area contributed by atoms with Gasteiger partial charge in [-0.15, -0.1) is 0 Å². The predicted octanol–water partition coefficient (Wildman–Crippen LogP) is 2.85. The number of benzene rings is 1. The average molecular weight is 260 g/mol. The Morgan fingerprint density at radius 1 is 1.42 bits per heavy atom. The van der Waals surface area contributed by atoms with E-state index in [1.54, 1.807) is 24.4 Å². The quantitative estimate of drug-likeness (QED) is 0.662. The number of hydrogen-bond acceptors (Lipinski definition) is 4. The molecular weight excluding hydrogens is 244 g/mol. The molecular formula is C14H16N2O3. The zero-order valence-electron chi connectivity index (χ0n) is 10.7. The van der Waals surface area contributed by atoms with Crippen LogP contribution < -0.4 is 0 Å². The number of nitro groups is 1. The number of aromatic nitrogens is 1. The number of hydrogen-bond donors (Lipinski definition) is 1. The molecule has 2 rings (SSSR count). The number of aliphatic hydroxyl groups excluding tert-OH is 1. The lowest BCUT2D eigenvalue weighted by molar-refractivity contribution is -0.383. The molecule has 0 amide bonds. The van der Waals surface area contributed by atoms with Crippen LogP contribution in [0.5, 0.6) is 0 Å². The molecule has 0 spiro atoms. The highest BCUT2D eigenvalue weighted by molar-refractivity contribution is 5.90. The van der Waals surface area contributed by atoms with Gasteiger partial charge < -0.3 is 5.11 Å². The van der Waals surface area contributed by atoms with Crippen LogP contribution in [0.2, 0.25) is 0 Å². The summed E-state index contributed by atoms with van der Waals surface area (Å²) in [4.78, 5) is 14.8. The zero-order valence-corrected chi connectivity index (χ0v) is 10.7. The molecule has 1 aromatic heterocycles. The summed E-state index contributed by atoms with van der Waals surface area (Å²) in [6.45, 7) is 2.01. The molecule has 1 aromatic carbocycles. The van der Waals surface area contributed by atoms with Crippen LogP contribution in [0.1, 0.15) is 25.3 Å². The second-order valence-corrected chi connectivity index (χ2v) is 4.55. The van der Waals surface area contributed by atoms with Crippen molar-refractivity contribution < 1.29 is 10.0 Å². The van der Waals surface area contributed by atoms with Crippen molar-refractivity contribution >= 4 is 16.6 Å². The Morgan fingerprint density at radius 2 is 2.21 bits per heavy atom. The Morgan fingerprint density at radius 3 is 2.89 bits per heavy atom. The fraction of sp³-hybridized carbons (Fsp3) is 0.357. The molecule has 5 nitrogen and oxygen atoms in total. The van der Waals surface area contributed by atoms with Crippen LogP contribution in [0.4, 0.5) is 5.69 Å². The van der Waals surface area contributed by atoms with Crippen molar-refractivity contribution in [3.63, 3.8) is 0 Å². The summed E-state index contributed by atoms with van der Waals surface area (Å²) in [7, 11) is 0. The van der Waals surface area contributed by atoms with Gasteiger partial charge >= 0.3 is 0 Å². The van der Waals surface area contributed by atoms with Crippen LogP contribution >= 0.6 is 0 Å². The number of nitro benzene ring substituents is 1. The molecule has 0 aliphatic heterocycles. The third kappa shape index (κ3) is 2.88. The van der Waals surface area contributed by atoms with Crippen LogP contribution in [0, 0.1) is 10.1 Å². The smallest absolute Gasteiger partial charge is 0.278 e. The minimum Gasteiger partial charge on any atom is -0.393 e.